The van der Waals surface area contributed by atoms with Gasteiger partial charge in [0.25, 0.3) is 0 Å². The van der Waals surface area contributed by atoms with Crippen LogP contribution in [0.25, 0.3) is 0 Å². The van der Waals surface area contributed by atoms with E-state index in [1.165, 1.54) is 6.20 Å². The van der Waals surface area contributed by atoms with E-state index < -0.39 is 0 Å². The third kappa shape index (κ3) is 0.866. The lowest BCUT2D eigenvalue weighted by atomic mass is 11.0. The number of hydrogen-bond donors (Lipinski definition) is 3. The van der Waals surface area contributed by atoms with Crippen LogP contribution in [0.3, 0.4) is 0 Å². The van der Waals surface area contributed by atoms with Crippen molar-refractivity contribution in [2.45, 2.75) is 5.03 Å². The lowest BCUT2D eigenvalue weighted by Crippen LogP contribution is -1.99. The maximum Gasteiger partial charge on any atom is 0.323 e. The molecule has 0 saturated heterocycles. The Balaban J connectivity index is 3.30. The molecule has 7 heavy (non-hydrogen) atoms. The van der Waals surface area contributed by atoms with Gasteiger partial charge in [-0.15, -0.1) is 12.6 Å². The zero-order chi connectivity index (χ0) is 5.28. The fourth-order valence-corrected chi connectivity index (χ4v) is 0.488. The van der Waals surface area contributed by atoms with E-state index in [9.17, 15) is 4.79 Å². The maximum atomic E-state index is 10.1. The molecule has 0 bridgehead atoms. The van der Waals surface area contributed by atoms with E-state index in [1.807, 2.05) is 0 Å². The summed E-state index contributed by atoms with van der Waals surface area (Å²) in [6.07, 6.45) is 1.49. The summed E-state index contributed by atoms with van der Waals surface area (Å²) in [6, 6.07) is 0. The Kier molecular flexibility index (Phi) is 0.941. The number of aromatic amines is 2. The van der Waals surface area contributed by atoms with E-state index in [-0.39, 0.29) is 5.69 Å². The van der Waals surface area contributed by atoms with Crippen LogP contribution in [0.1, 0.15) is 0 Å². The van der Waals surface area contributed by atoms with Crippen LogP contribution >= 0.6 is 12.6 Å². The van der Waals surface area contributed by atoms with Gasteiger partial charge in [-0.25, -0.2) is 4.79 Å². The largest absolute Gasteiger partial charge is 0.323 e. The molecule has 4 heteroatoms. The van der Waals surface area contributed by atoms with Crippen molar-refractivity contribution in [3.63, 3.8) is 0 Å². The van der Waals surface area contributed by atoms with Gasteiger partial charge in [0.15, 0.2) is 0 Å². The molecule has 0 fully saturated rings. The Bertz CT molecular complexity index is 201. The van der Waals surface area contributed by atoms with Crippen molar-refractivity contribution in [2.24, 2.45) is 0 Å². The van der Waals surface area contributed by atoms with Crippen LogP contribution in [0.15, 0.2) is 16.0 Å². The number of H-pyrrole nitrogens is 2. The first-order valence-corrected chi connectivity index (χ1v) is 2.20. The highest BCUT2D eigenvalue weighted by atomic mass is 32.1. The molecule has 3 nitrogen and oxygen atoms in total. The van der Waals surface area contributed by atoms with E-state index in [0.717, 1.165) is 0 Å². The highest BCUT2D eigenvalue weighted by Crippen LogP contribution is 1.89. The highest BCUT2D eigenvalue weighted by molar-refractivity contribution is 7.80. The predicted octanol–water partition coefficient (Wildman–Crippen LogP) is -0.00830. The molecule has 0 amide bonds. The molecule has 0 aromatic carbocycles. The summed E-state index contributed by atoms with van der Waals surface area (Å²) < 4.78 is 0. The quantitative estimate of drug-likeness (QED) is 0.410. The summed E-state index contributed by atoms with van der Waals surface area (Å²) in [4.78, 5) is 14.9. The Hall–Kier alpha value is -0.640. The first kappa shape index (κ1) is 4.52. The predicted molar refractivity (Wildman–Crippen MR) is 28.7 cm³/mol. The number of rotatable bonds is 0. The molecule has 0 radical (unpaired) electrons. The van der Waals surface area contributed by atoms with Gasteiger partial charge in [-0.2, -0.15) is 0 Å². The fraction of sp³-hybridized carbons (Fsp3) is 0. The van der Waals surface area contributed by atoms with Crippen LogP contribution < -0.4 is 5.69 Å². The molecule has 0 unspecified atom stereocenters. The van der Waals surface area contributed by atoms with Gasteiger partial charge < -0.3 is 9.97 Å². The summed E-state index contributed by atoms with van der Waals surface area (Å²) in [7, 11) is 0. The van der Waals surface area contributed by atoms with Crippen LogP contribution in [0.5, 0.6) is 0 Å². The van der Waals surface area contributed by atoms with Gasteiger partial charge in [-0.1, -0.05) is 0 Å². The normalized spacial score (nSPS) is 9.29. The van der Waals surface area contributed by atoms with Crippen molar-refractivity contribution in [3.05, 3.63) is 16.7 Å². The van der Waals surface area contributed by atoms with Gasteiger partial charge >= 0.3 is 5.69 Å². The zero-order valence-corrected chi connectivity index (χ0v) is 4.33. The third-order valence-electron chi connectivity index (χ3n) is 0.582. The SMILES string of the molecule is O=c1[nH]cc(S)[nH]1. The number of aromatic nitrogens is 2. The molecular formula is C3H4N2OS. The summed E-state index contributed by atoms with van der Waals surface area (Å²) in [5.41, 5.74) is -0.218. The van der Waals surface area contributed by atoms with Crippen molar-refractivity contribution in [2.75, 3.05) is 0 Å². The van der Waals surface area contributed by atoms with E-state index in [0.29, 0.717) is 5.03 Å². The first-order valence-electron chi connectivity index (χ1n) is 1.76. The average molecular weight is 116 g/mol. The smallest absolute Gasteiger partial charge is 0.312 e. The lowest BCUT2D eigenvalue weighted by Gasteiger charge is -1.66. The van der Waals surface area contributed by atoms with Gasteiger partial charge in [0.2, 0.25) is 0 Å². The topological polar surface area (TPSA) is 48.6 Å². The molecule has 1 rings (SSSR count). The van der Waals surface area contributed by atoms with Crippen LogP contribution in [0.4, 0.5) is 0 Å². The second kappa shape index (κ2) is 1.46. The van der Waals surface area contributed by atoms with E-state index in [4.69, 9.17) is 0 Å². The molecular weight excluding hydrogens is 112 g/mol. The molecule has 2 N–H and O–H groups in total. The van der Waals surface area contributed by atoms with E-state index in [1.54, 1.807) is 0 Å². The van der Waals surface area contributed by atoms with E-state index >= 15 is 0 Å². The Morgan fingerprint density at radius 3 is 2.57 bits per heavy atom. The first-order chi connectivity index (χ1) is 3.29. The Labute approximate surface area is 45.2 Å². The van der Waals surface area contributed by atoms with Gasteiger partial charge in [0.05, 0.1) is 5.03 Å². The molecule has 1 aromatic rings. The second-order valence-corrected chi connectivity index (χ2v) is 1.61. The average Bonchev–Trinajstić information content (AvgIpc) is 1.87. The Morgan fingerprint density at radius 2 is 2.43 bits per heavy atom. The molecule has 0 aliphatic rings. The standard InChI is InChI=1S/C3H4N2OS/c6-3-4-1-2(7)5-3/h1,7H,(H2,4,5,6). The molecule has 0 atom stereocenters. The molecule has 0 aliphatic heterocycles. The molecule has 1 heterocycles. The van der Waals surface area contributed by atoms with Crippen molar-refractivity contribution in [1.82, 2.24) is 9.97 Å². The van der Waals surface area contributed by atoms with Crippen LogP contribution in [-0.2, 0) is 0 Å². The van der Waals surface area contributed by atoms with E-state index in [2.05, 4.69) is 22.6 Å². The van der Waals surface area contributed by atoms with Crippen molar-refractivity contribution >= 4 is 12.6 Å². The van der Waals surface area contributed by atoms with Crippen molar-refractivity contribution in [1.29, 1.82) is 0 Å². The minimum atomic E-state index is -0.218. The molecule has 0 aliphatic carbocycles. The van der Waals surface area contributed by atoms with Gasteiger partial charge in [-0.3, -0.25) is 0 Å². The minimum absolute atomic E-state index is 0.218. The molecule has 38 valence electrons. The Morgan fingerprint density at radius 1 is 1.71 bits per heavy atom. The maximum absolute atomic E-state index is 10.1. The molecule has 1 aromatic heterocycles. The second-order valence-electron chi connectivity index (χ2n) is 1.13. The lowest BCUT2D eigenvalue weighted by molar-refractivity contribution is 1.13. The van der Waals surface area contributed by atoms with Gasteiger partial charge in [0, 0.05) is 6.20 Å². The minimum Gasteiger partial charge on any atom is -0.312 e. The number of thiol groups is 1. The summed E-state index contributed by atoms with van der Waals surface area (Å²) in [6.45, 7) is 0. The number of imidazole rings is 1. The van der Waals surface area contributed by atoms with Crippen molar-refractivity contribution in [3.8, 4) is 0 Å². The summed E-state index contributed by atoms with van der Waals surface area (Å²) in [5.74, 6) is 0. The molecule has 0 saturated carbocycles. The van der Waals surface area contributed by atoms with Gasteiger partial charge in [-0.05, 0) is 0 Å². The zero-order valence-electron chi connectivity index (χ0n) is 3.43. The summed E-state index contributed by atoms with van der Waals surface area (Å²) in [5, 5.41) is 0.560. The van der Waals surface area contributed by atoms with Gasteiger partial charge in [0.1, 0.15) is 0 Å². The van der Waals surface area contributed by atoms with Crippen LogP contribution in [-0.4, -0.2) is 9.97 Å². The monoisotopic (exact) mass is 116 g/mol. The third-order valence-corrected chi connectivity index (χ3v) is 0.822. The van der Waals surface area contributed by atoms with Crippen LogP contribution in [0.2, 0.25) is 0 Å². The highest BCUT2D eigenvalue weighted by Gasteiger charge is 1.82. The number of nitrogens with one attached hydrogen (secondary N) is 2. The fourth-order valence-electron chi connectivity index (χ4n) is 0.322. The molecule has 0 spiro atoms. The van der Waals surface area contributed by atoms with Crippen molar-refractivity contribution < 1.29 is 0 Å². The number of hydrogen-bond acceptors (Lipinski definition) is 2. The summed E-state index contributed by atoms with van der Waals surface area (Å²) >= 11 is 3.82. The van der Waals surface area contributed by atoms with Crippen LogP contribution in [0, 0.1) is 0 Å².